The maximum absolute atomic E-state index is 4.16. The smallest absolute Gasteiger partial charge is 0.0412 e. The minimum Gasteiger partial charge on any atom is -0.0654 e. The van der Waals surface area contributed by atoms with E-state index in [1.165, 1.54) is 44.9 Å². The van der Waals surface area contributed by atoms with Gasteiger partial charge in [-0.05, 0) is 18.3 Å². The Kier molecular flexibility index (Phi) is 3.96. The van der Waals surface area contributed by atoms with Gasteiger partial charge in [0.05, 0.1) is 0 Å². The summed E-state index contributed by atoms with van der Waals surface area (Å²) in [4.78, 5) is 0. The van der Waals surface area contributed by atoms with Gasteiger partial charge < -0.3 is 0 Å². The minimum absolute atomic E-state index is 0.769. The highest BCUT2D eigenvalue weighted by Gasteiger charge is 2.17. The molecule has 0 aliphatic heterocycles. The van der Waals surface area contributed by atoms with E-state index in [1.54, 1.807) is 0 Å². The van der Waals surface area contributed by atoms with Crippen LogP contribution in [0.4, 0.5) is 0 Å². The second-order valence-electron chi connectivity index (χ2n) is 4.04. The van der Waals surface area contributed by atoms with Gasteiger partial charge in [-0.2, -0.15) is 0 Å². The third kappa shape index (κ3) is 3.27. The van der Waals surface area contributed by atoms with E-state index in [4.69, 9.17) is 0 Å². The molecule has 0 N–H and O–H groups in total. The zero-order valence-electron chi connectivity index (χ0n) is 7.81. The third-order valence-electron chi connectivity index (χ3n) is 2.86. The lowest BCUT2D eigenvalue weighted by Crippen LogP contribution is -2.13. The first-order valence-electron chi connectivity index (χ1n) is 5.16. The molecule has 1 rings (SSSR count). The van der Waals surface area contributed by atoms with Gasteiger partial charge in [0, 0.05) is 0 Å². The zero-order chi connectivity index (χ0) is 8.10. The maximum atomic E-state index is 4.16. The molecule has 65 valence electrons. The van der Waals surface area contributed by atoms with Gasteiger partial charge in [-0.1, -0.05) is 52.4 Å². The van der Waals surface area contributed by atoms with Gasteiger partial charge in [-0.15, -0.1) is 0 Å². The first kappa shape index (κ1) is 9.09. The summed E-state index contributed by atoms with van der Waals surface area (Å²) in [6.45, 7) is 6.44. The number of hydrogen-bond acceptors (Lipinski definition) is 0. The fraction of sp³-hybridized carbons (Fsp3) is 0.909. The second kappa shape index (κ2) is 4.79. The van der Waals surface area contributed by atoms with Crippen molar-refractivity contribution < 1.29 is 0 Å². The molecular formula is C11H21. The second-order valence-corrected chi connectivity index (χ2v) is 4.04. The zero-order valence-corrected chi connectivity index (χ0v) is 7.81. The Labute approximate surface area is 71.4 Å². The van der Waals surface area contributed by atoms with E-state index >= 15 is 0 Å². The molecule has 0 nitrogen and oxygen atoms in total. The molecule has 1 aliphatic carbocycles. The Morgan fingerprint density at radius 1 is 1.36 bits per heavy atom. The molecule has 0 amide bonds. The highest BCUT2D eigenvalue weighted by atomic mass is 14.2. The molecule has 2 unspecified atom stereocenters. The van der Waals surface area contributed by atoms with Crippen LogP contribution in [0.5, 0.6) is 0 Å². The molecule has 11 heavy (non-hydrogen) atoms. The Bertz CT molecular complexity index is 96.2. The van der Waals surface area contributed by atoms with E-state index in [0.717, 1.165) is 11.8 Å². The summed E-state index contributed by atoms with van der Waals surface area (Å²) in [5.41, 5.74) is 0. The standard InChI is InChI=1S/C11H21/c1-3-4-7-11-8-5-6-10(2)9-11/h10-11H,2-9H2,1H3. The Morgan fingerprint density at radius 2 is 2.18 bits per heavy atom. The monoisotopic (exact) mass is 153 g/mol. The summed E-state index contributed by atoms with van der Waals surface area (Å²) in [6.07, 6.45) is 9.94. The molecule has 0 aromatic rings. The van der Waals surface area contributed by atoms with E-state index in [0.29, 0.717) is 0 Å². The number of unbranched alkanes of at least 4 members (excludes halogenated alkanes) is 1. The molecular weight excluding hydrogens is 132 g/mol. The average molecular weight is 153 g/mol. The van der Waals surface area contributed by atoms with Gasteiger partial charge in [0.2, 0.25) is 0 Å². The van der Waals surface area contributed by atoms with E-state index in [2.05, 4.69) is 13.8 Å². The molecule has 0 bridgehead atoms. The van der Waals surface area contributed by atoms with Gasteiger partial charge in [0.15, 0.2) is 0 Å². The summed E-state index contributed by atoms with van der Waals surface area (Å²) in [6, 6.07) is 0. The lowest BCUT2D eigenvalue weighted by atomic mass is 9.80. The SMILES string of the molecule is [CH2]C1CCCC(CCCC)C1. The number of rotatable bonds is 3. The molecule has 1 radical (unpaired) electrons. The van der Waals surface area contributed by atoms with Crippen LogP contribution in [0.2, 0.25) is 0 Å². The lowest BCUT2D eigenvalue weighted by molar-refractivity contribution is 0.283. The molecule has 1 fully saturated rings. The Balaban J connectivity index is 2.12. The van der Waals surface area contributed by atoms with Crippen LogP contribution in [0, 0.1) is 18.8 Å². The van der Waals surface area contributed by atoms with Crippen molar-refractivity contribution in [1.29, 1.82) is 0 Å². The first-order chi connectivity index (χ1) is 5.33. The molecule has 1 aliphatic rings. The molecule has 0 saturated heterocycles. The van der Waals surface area contributed by atoms with Gasteiger partial charge in [-0.3, -0.25) is 0 Å². The van der Waals surface area contributed by atoms with Crippen molar-refractivity contribution in [2.24, 2.45) is 11.8 Å². The van der Waals surface area contributed by atoms with Gasteiger partial charge in [-0.25, -0.2) is 0 Å². The minimum atomic E-state index is 0.769. The predicted octanol–water partition coefficient (Wildman–Crippen LogP) is 3.82. The molecule has 0 heterocycles. The summed E-state index contributed by atoms with van der Waals surface area (Å²) >= 11 is 0. The third-order valence-corrected chi connectivity index (χ3v) is 2.86. The Hall–Kier alpha value is 0. The van der Waals surface area contributed by atoms with Crippen molar-refractivity contribution in [3.8, 4) is 0 Å². The van der Waals surface area contributed by atoms with Crippen molar-refractivity contribution >= 4 is 0 Å². The van der Waals surface area contributed by atoms with Gasteiger partial charge in [0.1, 0.15) is 0 Å². The molecule has 0 spiro atoms. The van der Waals surface area contributed by atoms with E-state index in [1.807, 2.05) is 0 Å². The van der Waals surface area contributed by atoms with Crippen molar-refractivity contribution in [3.63, 3.8) is 0 Å². The summed E-state index contributed by atoms with van der Waals surface area (Å²) in [7, 11) is 0. The molecule has 0 heteroatoms. The topological polar surface area (TPSA) is 0 Å². The van der Waals surface area contributed by atoms with Crippen molar-refractivity contribution in [3.05, 3.63) is 6.92 Å². The fourth-order valence-electron chi connectivity index (χ4n) is 2.16. The largest absolute Gasteiger partial charge is 0.0654 e. The normalized spacial score (nSPS) is 32.2. The summed E-state index contributed by atoms with van der Waals surface area (Å²) in [5, 5.41) is 0. The lowest BCUT2D eigenvalue weighted by Gasteiger charge is -2.26. The maximum Gasteiger partial charge on any atom is -0.0412 e. The van der Waals surface area contributed by atoms with E-state index < -0.39 is 0 Å². The van der Waals surface area contributed by atoms with Crippen LogP contribution in [0.3, 0.4) is 0 Å². The first-order valence-corrected chi connectivity index (χ1v) is 5.16. The molecule has 1 saturated carbocycles. The fourth-order valence-corrected chi connectivity index (χ4v) is 2.16. The van der Waals surface area contributed by atoms with Crippen LogP contribution in [0.25, 0.3) is 0 Å². The van der Waals surface area contributed by atoms with Crippen molar-refractivity contribution in [1.82, 2.24) is 0 Å². The van der Waals surface area contributed by atoms with Crippen LogP contribution in [-0.2, 0) is 0 Å². The molecule has 0 aromatic carbocycles. The van der Waals surface area contributed by atoms with E-state index in [-0.39, 0.29) is 0 Å². The molecule has 0 aromatic heterocycles. The van der Waals surface area contributed by atoms with Crippen LogP contribution < -0.4 is 0 Å². The Morgan fingerprint density at radius 3 is 2.82 bits per heavy atom. The van der Waals surface area contributed by atoms with Gasteiger partial charge in [0.25, 0.3) is 0 Å². The van der Waals surface area contributed by atoms with Crippen LogP contribution >= 0.6 is 0 Å². The quantitative estimate of drug-likeness (QED) is 0.578. The predicted molar refractivity (Wildman–Crippen MR) is 50.3 cm³/mol. The van der Waals surface area contributed by atoms with Crippen LogP contribution in [0.15, 0.2) is 0 Å². The van der Waals surface area contributed by atoms with Crippen LogP contribution in [0.1, 0.15) is 51.9 Å². The van der Waals surface area contributed by atoms with Crippen molar-refractivity contribution in [2.45, 2.75) is 51.9 Å². The highest BCUT2D eigenvalue weighted by Crippen LogP contribution is 2.31. The van der Waals surface area contributed by atoms with E-state index in [9.17, 15) is 0 Å². The average Bonchev–Trinajstić information content (AvgIpc) is 2.01. The highest BCUT2D eigenvalue weighted by molar-refractivity contribution is 4.74. The summed E-state index contributed by atoms with van der Waals surface area (Å²) in [5.74, 6) is 1.79. The molecule has 2 atom stereocenters. The summed E-state index contributed by atoms with van der Waals surface area (Å²) < 4.78 is 0. The van der Waals surface area contributed by atoms with Crippen LogP contribution in [-0.4, -0.2) is 0 Å². The van der Waals surface area contributed by atoms with Gasteiger partial charge >= 0.3 is 0 Å². The van der Waals surface area contributed by atoms with Crippen molar-refractivity contribution in [2.75, 3.05) is 0 Å². The number of hydrogen-bond donors (Lipinski definition) is 0.